The second-order valence-corrected chi connectivity index (χ2v) is 8.78. The van der Waals surface area contributed by atoms with Gasteiger partial charge in [-0.15, -0.1) is 0 Å². The first-order valence-electron chi connectivity index (χ1n) is 9.72. The van der Waals surface area contributed by atoms with Crippen LogP contribution in [0.3, 0.4) is 0 Å². The third-order valence-electron chi connectivity index (χ3n) is 4.95. The lowest BCUT2D eigenvalue weighted by atomic mass is 10.0. The van der Waals surface area contributed by atoms with Gasteiger partial charge in [0.15, 0.2) is 0 Å². The normalized spacial score (nSPS) is 15.8. The number of carbonyl (C=O) groups is 2. The number of rotatable bonds is 7. The van der Waals surface area contributed by atoms with E-state index in [1.54, 1.807) is 48.5 Å². The molecule has 1 atom stereocenters. The van der Waals surface area contributed by atoms with E-state index in [0.717, 1.165) is 22.2 Å². The standard InChI is InChI=1S/C23H16N2O6S2/c26-21-20(13-17-10-11-19(31-17)15-6-8-16(9-7-15)25(29)30)33-23(32)24(21)18(22(27)28)12-14-4-2-1-3-5-14/h1-11,13,18H,12H2,(H,27,28). The number of nitrogens with zero attached hydrogens (tertiary/aromatic N) is 2. The third kappa shape index (κ3) is 4.86. The van der Waals surface area contributed by atoms with Crippen LogP contribution in [0.25, 0.3) is 17.4 Å². The minimum Gasteiger partial charge on any atom is -0.480 e. The van der Waals surface area contributed by atoms with Crippen LogP contribution in [-0.2, 0) is 16.0 Å². The molecule has 2 aromatic carbocycles. The minimum atomic E-state index is -1.14. The van der Waals surface area contributed by atoms with Crippen molar-refractivity contribution in [3.63, 3.8) is 0 Å². The molecule has 1 N–H and O–H groups in total. The van der Waals surface area contributed by atoms with Gasteiger partial charge in [-0.3, -0.25) is 19.8 Å². The summed E-state index contributed by atoms with van der Waals surface area (Å²) in [5.41, 5.74) is 1.39. The summed E-state index contributed by atoms with van der Waals surface area (Å²) < 4.78 is 5.93. The van der Waals surface area contributed by atoms with Gasteiger partial charge < -0.3 is 9.52 Å². The molecule has 1 amide bonds. The SMILES string of the molecule is O=C(O)C(Cc1ccccc1)N1C(=O)C(=Cc2ccc(-c3ccc([N+](=O)[O-])cc3)o2)SC1=S. The molecule has 0 bridgehead atoms. The van der Waals surface area contributed by atoms with Crippen molar-refractivity contribution in [1.29, 1.82) is 0 Å². The van der Waals surface area contributed by atoms with Gasteiger partial charge in [0.2, 0.25) is 0 Å². The van der Waals surface area contributed by atoms with E-state index in [4.69, 9.17) is 16.6 Å². The van der Waals surface area contributed by atoms with Crippen molar-refractivity contribution < 1.29 is 24.0 Å². The number of nitro groups is 1. The molecule has 1 unspecified atom stereocenters. The van der Waals surface area contributed by atoms with E-state index in [2.05, 4.69) is 0 Å². The van der Waals surface area contributed by atoms with Gasteiger partial charge in [0.05, 0.1) is 9.83 Å². The van der Waals surface area contributed by atoms with Crippen LogP contribution in [0.15, 0.2) is 76.1 Å². The summed E-state index contributed by atoms with van der Waals surface area (Å²) in [6.07, 6.45) is 1.64. The van der Waals surface area contributed by atoms with E-state index in [9.17, 15) is 24.8 Å². The summed E-state index contributed by atoms with van der Waals surface area (Å²) in [5, 5.41) is 20.6. The fourth-order valence-corrected chi connectivity index (χ4v) is 4.67. The largest absolute Gasteiger partial charge is 0.480 e. The van der Waals surface area contributed by atoms with Crippen LogP contribution in [0.4, 0.5) is 5.69 Å². The lowest BCUT2D eigenvalue weighted by Crippen LogP contribution is -2.45. The van der Waals surface area contributed by atoms with E-state index in [1.165, 1.54) is 18.2 Å². The van der Waals surface area contributed by atoms with Crippen molar-refractivity contribution in [2.45, 2.75) is 12.5 Å². The molecule has 2 heterocycles. The summed E-state index contributed by atoms with van der Waals surface area (Å²) in [5.74, 6) is -0.797. The maximum atomic E-state index is 13.0. The first kappa shape index (κ1) is 22.4. The zero-order chi connectivity index (χ0) is 23.5. The Labute approximate surface area is 197 Å². The van der Waals surface area contributed by atoms with Gasteiger partial charge in [-0.05, 0) is 29.8 Å². The van der Waals surface area contributed by atoms with Crippen molar-refractivity contribution in [3.8, 4) is 11.3 Å². The number of hydrogen-bond acceptors (Lipinski definition) is 7. The fraction of sp³-hybridized carbons (Fsp3) is 0.0870. The predicted molar refractivity (Wildman–Crippen MR) is 127 cm³/mol. The van der Waals surface area contributed by atoms with Gasteiger partial charge in [0.1, 0.15) is 21.9 Å². The number of non-ortho nitro benzene ring substituents is 1. The average molecular weight is 481 g/mol. The number of hydrogen-bond donors (Lipinski definition) is 1. The van der Waals surface area contributed by atoms with Crippen LogP contribution in [0.2, 0.25) is 0 Å². The first-order valence-corrected chi connectivity index (χ1v) is 10.9. The first-order chi connectivity index (χ1) is 15.8. The molecule has 8 nitrogen and oxygen atoms in total. The predicted octanol–water partition coefficient (Wildman–Crippen LogP) is 4.75. The third-order valence-corrected chi connectivity index (χ3v) is 6.29. The number of benzene rings is 2. The van der Waals surface area contributed by atoms with E-state index in [1.807, 2.05) is 6.07 Å². The Hall–Kier alpha value is -3.76. The molecule has 1 fully saturated rings. The fourth-order valence-electron chi connectivity index (χ4n) is 3.34. The smallest absolute Gasteiger partial charge is 0.327 e. The molecule has 0 aliphatic carbocycles. The van der Waals surface area contributed by atoms with Crippen molar-refractivity contribution >= 4 is 51.9 Å². The Bertz CT molecular complexity index is 1270. The maximum Gasteiger partial charge on any atom is 0.327 e. The Morgan fingerprint density at radius 1 is 1.15 bits per heavy atom. The van der Waals surface area contributed by atoms with E-state index in [0.29, 0.717) is 17.1 Å². The van der Waals surface area contributed by atoms with Crippen LogP contribution in [0.1, 0.15) is 11.3 Å². The van der Waals surface area contributed by atoms with Gasteiger partial charge in [0.25, 0.3) is 11.6 Å². The molecule has 3 aromatic rings. The van der Waals surface area contributed by atoms with E-state index >= 15 is 0 Å². The number of nitro benzene ring substituents is 1. The zero-order valence-corrected chi connectivity index (χ0v) is 18.5. The summed E-state index contributed by atoms with van der Waals surface area (Å²) >= 11 is 6.33. The number of carboxylic acid groups (broad SMARTS) is 1. The topological polar surface area (TPSA) is 114 Å². The number of amides is 1. The Morgan fingerprint density at radius 2 is 1.85 bits per heavy atom. The van der Waals surface area contributed by atoms with Crippen LogP contribution in [-0.4, -0.2) is 37.2 Å². The van der Waals surface area contributed by atoms with Gasteiger partial charge in [0, 0.05) is 30.2 Å². The van der Waals surface area contributed by atoms with Crippen LogP contribution in [0.5, 0.6) is 0 Å². The zero-order valence-electron chi connectivity index (χ0n) is 16.9. The number of carbonyl (C=O) groups excluding carboxylic acids is 1. The van der Waals surface area contributed by atoms with Crippen molar-refractivity contribution in [3.05, 3.63) is 93.1 Å². The molecule has 166 valence electrons. The lowest BCUT2D eigenvalue weighted by molar-refractivity contribution is -0.384. The Balaban J connectivity index is 1.55. The van der Waals surface area contributed by atoms with Gasteiger partial charge in [-0.2, -0.15) is 0 Å². The van der Waals surface area contributed by atoms with E-state index in [-0.39, 0.29) is 21.3 Å². The Kier molecular flexibility index (Phi) is 6.38. The van der Waals surface area contributed by atoms with Crippen molar-refractivity contribution in [2.24, 2.45) is 0 Å². The molecule has 1 saturated heterocycles. The second kappa shape index (κ2) is 9.39. The number of furan rings is 1. The Morgan fingerprint density at radius 3 is 2.48 bits per heavy atom. The molecule has 0 spiro atoms. The summed E-state index contributed by atoms with van der Waals surface area (Å²) in [4.78, 5) is 36.7. The van der Waals surface area contributed by atoms with Crippen molar-refractivity contribution in [2.75, 3.05) is 0 Å². The summed E-state index contributed by atoms with van der Waals surface area (Å²) in [6.45, 7) is 0. The second-order valence-electron chi connectivity index (χ2n) is 7.10. The van der Waals surface area contributed by atoms with Crippen LogP contribution < -0.4 is 0 Å². The summed E-state index contributed by atoms with van der Waals surface area (Å²) in [6, 6.07) is 17.1. The quantitative estimate of drug-likeness (QED) is 0.223. The highest BCUT2D eigenvalue weighted by Crippen LogP contribution is 2.35. The molecule has 0 saturated carbocycles. The molecule has 1 aliphatic rings. The molecule has 10 heteroatoms. The maximum absolute atomic E-state index is 13.0. The van der Waals surface area contributed by atoms with Gasteiger partial charge in [-0.25, -0.2) is 4.79 Å². The monoisotopic (exact) mass is 480 g/mol. The molecule has 1 aromatic heterocycles. The number of thiocarbonyl (C=S) groups is 1. The van der Waals surface area contributed by atoms with E-state index < -0.39 is 22.8 Å². The van der Waals surface area contributed by atoms with Gasteiger partial charge >= 0.3 is 5.97 Å². The van der Waals surface area contributed by atoms with Crippen molar-refractivity contribution in [1.82, 2.24) is 4.90 Å². The molecule has 0 radical (unpaired) electrons. The molecule has 4 rings (SSSR count). The number of thioether (sulfide) groups is 1. The number of carboxylic acids is 1. The minimum absolute atomic E-state index is 0.0299. The molecule has 33 heavy (non-hydrogen) atoms. The molecule has 1 aliphatic heterocycles. The lowest BCUT2D eigenvalue weighted by Gasteiger charge is -2.23. The highest BCUT2D eigenvalue weighted by molar-refractivity contribution is 8.26. The molecular weight excluding hydrogens is 464 g/mol. The molecular formula is C23H16N2O6S2. The summed E-state index contributed by atoms with van der Waals surface area (Å²) in [7, 11) is 0. The van der Waals surface area contributed by atoms with Gasteiger partial charge in [-0.1, -0.05) is 54.3 Å². The average Bonchev–Trinajstić information content (AvgIpc) is 3.37. The number of aliphatic carboxylic acids is 1. The highest BCUT2D eigenvalue weighted by Gasteiger charge is 2.40. The van der Waals surface area contributed by atoms with Crippen LogP contribution in [0, 0.1) is 10.1 Å². The van der Waals surface area contributed by atoms with Crippen LogP contribution >= 0.6 is 24.0 Å². The highest BCUT2D eigenvalue weighted by atomic mass is 32.2.